The predicted octanol–water partition coefficient (Wildman–Crippen LogP) is 3.40. The van der Waals surface area contributed by atoms with Gasteiger partial charge in [0.05, 0.1) is 4.92 Å². The fourth-order valence-electron chi connectivity index (χ4n) is 2.52. The lowest BCUT2D eigenvalue weighted by Crippen LogP contribution is -2.26. The number of nitrogens with one attached hydrogen (secondary N) is 1. The molecule has 20 heavy (non-hydrogen) atoms. The van der Waals surface area contributed by atoms with Crippen LogP contribution in [0.1, 0.15) is 38.7 Å². The van der Waals surface area contributed by atoms with E-state index in [1.54, 1.807) is 12.1 Å². The molecule has 0 radical (unpaired) electrons. The molecule has 0 bridgehead atoms. The average molecular weight is 277 g/mol. The molecule has 1 aliphatic rings. The fourth-order valence-corrected chi connectivity index (χ4v) is 2.52. The van der Waals surface area contributed by atoms with E-state index in [-0.39, 0.29) is 10.6 Å². The second-order valence-corrected chi connectivity index (χ2v) is 5.33. The van der Waals surface area contributed by atoms with Gasteiger partial charge in [0.1, 0.15) is 0 Å². The van der Waals surface area contributed by atoms with Crippen LogP contribution in [0, 0.1) is 10.1 Å². The molecule has 1 aromatic carbocycles. The van der Waals surface area contributed by atoms with Crippen molar-refractivity contribution in [1.82, 2.24) is 4.90 Å². The Balaban J connectivity index is 2.21. The first-order valence-electron chi connectivity index (χ1n) is 7.41. The molecule has 0 aliphatic heterocycles. The monoisotopic (exact) mass is 277 g/mol. The van der Waals surface area contributed by atoms with Gasteiger partial charge in [-0.15, -0.1) is 0 Å². The predicted molar refractivity (Wildman–Crippen MR) is 81.0 cm³/mol. The molecule has 2 rings (SSSR count). The number of non-ortho nitro benzene ring substituents is 1. The van der Waals surface area contributed by atoms with Gasteiger partial charge < -0.3 is 5.32 Å². The van der Waals surface area contributed by atoms with E-state index in [2.05, 4.69) is 17.1 Å². The van der Waals surface area contributed by atoms with Crippen molar-refractivity contribution in [3.8, 4) is 0 Å². The molecule has 5 heteroatoms. The number of hydrogen-bond acceptors (Lipinski definition) is 4. The summed E-state index contributed by atoms with van der Waals surface area (Å²) in [6.45, 7) is 6.88. The molecule has 1 aromatic rings. The van der Waals surface area contributed by atoms with E-state index in [0.717, 1.165) is 37.3 Å². The summed E-state index contributed by atoms with van der Waals surface area (Å²) < 4.78 is 0. The molecule has 0 spiro atoms. The third-order valence-electron chi connectivity index (χ3n) is 3.61. The van der Waals surface area contributed by atoms with Crippen LogP contribution in [-0.4, -0.2) is 29.0 Å². The summed E-state index contributed by atoms with van der Waals surface area (Å²) in [5, 5.41) is 14.3. The maximum absolute atomic E-state index is 11.0. The third-order valence-corrected chi connectivity index (χ3v) is 3.61. The second-order valence-electron chi connectivity index (χ2n) is 5.33. The molecule has 0 heterocycles. The Morgan fingerprint density at radius 1 is 1.40 bits per heavy atom. The highest BCUT2D eigenvalue weighted by molar-refractivity contribution is 5.56. The van der Waals surface area contributed by atoms with Crippen molar-refractivity contribution in [2.45, 2.75) is 45.7 Å². The normalized spacial score (nSPS) is 14.6. The zero-order chi connectivity index (χ0) is 14.5. The Morgan fingerprint density at radius 3 is 2.70 bits per heavy atom. The van der Waals surface area contributed by atoms with Crippen LogP contribution in [0.4, 0.5) is 11.4 Å². The molecule has 0 unspecified atom stereocenters. The number of nitro benzene ring substituents is 1. The molecule has 0 saturated heterocycles. The number of nitrogens with zero attached hydrogens (tertiary/aromatic N) is 2. The van der Waals surface area contributed by atoms with Gasteiger partial charge in [0.15, 0.2) is 0 Å². The molecule has 1 fully saturated rings. The van der Waals surface area contributed by atoms with E-state index in [1.807, 2.05) is 13.0 Å². The van der Waals surface area contributed by atoms with Gasteiger partial charge in [-0.2, -0.15) is 0 Å². The van der Waals surface area contributed by atoms with E-state index < -0.39 is 0 Å². The maximum atomic E-state index is 11.0. The smallest absolute Gasteiger partial charge is 0.269 e. The van der Waals surface area contributed by atoms with E-state index in [0.29, 0.717) is 6.04 Å². The summed E-state index contributed by atoms with van der Waals surface area (Å²) in [5.74, 6) is 0. The molecule has 0 aromatic heterocycles. The zero-order valence-electron chi connectivity index (χ0n) is 12.3. The number of benzene rings is 1. The van der Waals surface area contributed by atoms with Crippen LogP contribution in [0.25, 0.3) is 0 Å². The number of nitro groups is 1. The van der Waals surface area contributed by atoms with Crippen LogP contribution in [0.2, 0.25) is 0 Å². The minimum atomic E-state index is -0.319. The lowest BCUT2D eigenvalue weighted by Gasteiger charge is -2.23. The molecule has 0 atom stereocenters. The first-order valence-corrected chi connectivity index (χ1v) is 7.41. The zero-order valence-corrected chi connectivity index (χ0v) is 12.3. The lowest BCUT2D eigenvalue weighted by atomic mass is 10.1. The van der Waals surface area contributed by atoms with E-state index in [9.17, 15) is 10.1 Å². The standard InChI is InChI=1S/C15H23N3O2/c1-3-9-17(13-5-6-13)11-12-10-14(18(19)20)7-8-15(12)16-4-2/h7-8,10,13,16H,3-6,9,11H2,1-2H3. The van der Waals surface area contributed by atoms with Gasteiger partial charge in [0.25, 0.3) is 5.69 Å². The second kappa shape index (κ2) is 6.70. The fraction of sp³-hybridized carbons (Fsp3) is 0.600. The molecule has 5 nitrogen and oxygen atoms in total. The molecular weight excluding hydrogens is 254 g/mol. The molecule has 110 valence electrons. The maximum Gasteiger partial charge on any atom is 0.269 e. The molecule has 0 amide bonds. The highest BCUT2D eigenvalue weighted by Gasteiger charge is 2.29. The largest absolute Gasteiger partial charge is 0.385 e. The molecule has 1 N–H and O–H groups in total. The first kappa shape index (κ1) is 14.8. The minimum Gasteiger partial charge on any atom is -0.385 e. The van der Waals surface area contributed by atoms with Gasteiger partial charge in [-0.25, -0.2) is 0 Å². The van der Waals surface area contributed by atoms with Gasteiger partial charge in [-0.3, -0.25) is 15.0 Å². The average Bonchev–Trinajstić information content (AvgIpc) is 3.24. The van der Waals surface area contributed by atoms with Crippen molar-refractivity contribution >= 4 is 11.4 Å². The molecular formula is C15H23N3O2. The highest BCUT2D eigenvalue weighted by Crippen LogP contribution is 2.31. The van der Waals surface area contributed by atoms with Crippen LogP contribution in [0.5, 0.6) is 0 Å². The third kappa shape index (κ3) is 3.70. The Kier molecular flexibility index (Phi) is 4.95. The van der Waals surface area contributed by atoms with Gasteiger partial charge in [-0.05, 0) is 44.4 Å². The number of hydrogen-bond donors (Lipinski definition) is 1. The van der Waals surface area contributed by atoms with Crippen molar-refractivity contribution in [2.24, 2.45) is 0 Å². The summed E-state index contributed by atoms with van der Waals surface area (Å²) in [6.07, 6.45) is 3.62. The lowest BCUT2D eigenvalue weighted by molar-refractivity contribution is -0.384. The van der Waals surface area contributed by atoms with Crippen LogP contribution < -0.4 is 5.32 Å². The Bertz CT molecular complexity index is 472. The van der Waals surface area contributed by atoms with Crippen molar-refractivity contribution in [2.75, 3.05) is 18.4 Å². The molecule has 1 aliphatic carbocycles. The highest BCUT2D eigenvalue weighted by atomic mass is 16.6. The summed E-state index contributed by atoms with van der Waals surface area (Å²) in [5.41, 5.74) is 2.22. The van der Waals surface area contributed by atoms with Crippen LogP contribution in [0.3, 0.4) is 0 Å². The van der Waals surface area contributed by atoms with Gasteiger partial charge in [0.2, 0.25) is 0 Å². The van der Waals surface area contributed by atoms with E-state index >= 15 is 0 Å². The molecule has 1 saturated carbocycles. The van der Waals surface area contributed by atoms with Gasteiger partial charge in [0, 0.05) is 37.0 Å². The Hall–Kier alpha value is -1.62. The summed E-state index contributed by atoms with van der Waals surface area (Å²) in [7, 11) is 0. The van der Waals surface area contributed by atoms with E-state index in [1.165, 1.54) is 12.8 Å². The Morgan fingerprint density at radius 2 is 2.15 bits per heavy atom. The SMILES string of the molecule is CCCN(Cc1cc([N+](=O)[O-])ccc1NCC)C1CC1. The summed E-state index contributed by atoms with van der Waals surface area (Å²) in [4.78, 5) is 13.1. The first-order chi connectivity index (χ1) is 9.65. The van der Waals surface area contributed by atoms with Crippen LogP contribution in [0.15, 0.2) is 18.2 Å². The summed E-state index contributed by atoms with van der Waals surface area (Å²) in [6, 6.07) is 5.78. The van der Waals surface area contributed by atoms with Crippen molar-refractivity contribution < 1.29 is 4.92 Å². The quantitative estimate of drug-likeness (QED) is 0.584. The van der Waals surface area contributed by atoms with E-state index in [4.69, 9.17) is 0 Å². The number of anilines is 1. The van der Waals surface area contributed by atoms with Crippen LogP contribution in [-0.2, 0) is 6.54 Å². The van der Waals surface area contributed by atoms with Gasteiger partial charge in [-0.1, -0.05) is 6.92 Å². The van der Waals surface area contributed by atoms with Crippen LogP contribution >= 0.6 is 0 Å². The van der Waals surface area contributed by atoms with Crippen molar-refractivity contribution in [1.29, 1.82) is 0 Å². The topological polar surface area (TPSA) is 58.4 Å². The van der Waals surface area contributed by atoms with Gasteiger partial charge >= 0.3 is 0 Å². The Labute approximate surface area is 120 Å². The van der Waals surface area contributed by atoms with Crippen molar-refractivity contribution in [3.05, 3.63) is 33.9 Å². The minimum absolute atomic E-state index is 0.175. The summed E-state index contributed by atoms with van der Waals surface area (Å²) >= 11 is 0. The number of rotatable bonds is 8. The van der Waals surface area contributed by atoms with Crippen molar-refractivity contribution in [3.63, 3.8) is 0 Å².